The summed E-state index contributed by atoms with van der Waals surface area (Å²) in [6.07, 6.45) is 0. The molecule has 0 radical (unpaired) electrons. The van der Waals surface area contributed by atoms with Crippen LogP contribution in [0.1, 0.15) is 62.3 Å². The molecule has 43 heavy (non-hydrogen) atoms. The molecule has 3 aromatic rings. The second-order valence-corrected chi connectivity index (χ2v) is 39.2. The zero-order valence-corrected chi connectivity index (χ0v) is 36.1. The first-order chi connectivity index (χ1) is 19.4. The molecule has 0 bridgehead atoms. The SMILES string of the molecule is CC(C)(C)[Si](C)(C)Oc1cc[c]([Bi]([c]2ccc(O[Si](C)(C)C(C)(C)C)cc2)[c]2ccc(O[Si](C)(C)C(C)(C)C)cc2)cc1. The second-order valence-electron chi connectivity index (χ2n) is 16.4. The minimum atomic E-state index is -2.62. The average Bonchev–Trinajstić information content (AvgIpc) is 2.84. The standard InChI is InChI=1S/3C12H19OSi.Bi/c3*1-12(2,3)14(4,5)13-11-9-7-6-8-10-11;/h3*7-10H,1-5H3;. The third-order valence-corrected chi connectivity index (χ3v) is 32.4. The van der Waals surface area contributed by atoms with Crippen molar-refractivity contribution in [1.29, 1.82) is 0 Å². The molecule has 3 aromatic carbocycles. The molecule has 0 aliphatic rings. The van der Waals surface area contributed by atoms with Crippen LogP contribution in [0.4, 0.5) is 0 Å². The predicted octanol–water partition coefficient (Wildman–Crippen LogP) is 9.35. The Hall–Kier alpha value is -1.41. The van der Waals surface area contributed by atoms with Gasteiger partial charge >= 0.3 is 277 Å². The fourth-order valence-corrected chi connectivity index (χ4v) is 15.6. The fraction of sp³-hybridized carbons (Fsp3) is 0.500. The van der Waals surface area contributed by atoms with Crippen LogP contribution in [-0.4, -0.2) is 46.7 Å². The molecule has 0 aliphatic carbocycles. The first kappa shape index (κ1) is 36.1. The molecule has 0 N–H and O–H groups in total. The van der Waals surface area contributed by atoms with Gasteiger partial charge in [-0.25, -0.2) is 0 Å². The molecule has 0 heterocycles. The molecule has 0 aliphatic heterocycles. The maximum absolute atomic E-state index is 6.63. The Morgan fingerprint density at radius 3 is 0.721 bits per heavy atom. The molecule has 0 saturated heterocycles. The van der Waals surface area contributed by atoms with E-state index < -0.39 is 46.7 Å². The third kappa shape index (κ3) is 8.86. The van der Waals surface area contributed by atoms with E-state index in [-0.39, 0.29) is 15.1 Å². The summed E-state index contributed by atoms with van der Waals surface area (Å²) in [5.41, 5.74) is 0. The van der Waals surface area contributed by atoms with Crippen LogP contribution >= 0.6 is 0 Å². The van der Waals surface area contributed by atoms with Gasteiger partial charge in [0.15, 0.2) is 0 Å². The van der Waals surface area contributed by atoms with Crippen molar-refractivity contribution in [1.82, 2.24) is 0 Å². The van der Waals surface area contributed by atoms with Crippen molar-refractivity contribution in [2.24, 2.45) is 0 Å². The second kappa shape index (κ2) is 12.8. The average molecular weight is 831 g/mol. The molecule has 0 unspecified atom stereocenters. The van der Waals surface area contributed by atoms with Gasteiger partial charge in [0.2, 0.25) is 0 Å². The van der Waals surface area contributed by atoms with E-state index in [1.807, 2.05) is 0 Å². The quantitative estimate of drug-likeness (QED) is 0.202. The van der Waals surface area contributed by atoms with Gasteiger partial charge in [0, 0.05) is 0 Å². The van der Waals surface area contributed by atoms with Crippen LogP contribution in [0.15, 0.2) is 72.8 Å². The van der Waals surface area contributed by atoms with Gasteiger partial charge in [0.1, 0.15) is 0 Å². The Bertz CT molecular complexity index is 1170. The van der Waals surface area contributed by atoms with E-state index in [4.69, 9.17) is 13.3 Å². The Morgan fingerprint density at radius 2 is 0.558 bits per heavy atom. The van der Waals surface area contributed by atoms with Crippen molar-refractivity contribution in [2.75, 3.05) is 0 Å². The van der Waals surface area contributed by atoms with Crippen molar-refractivity contribution < 1.29 is 13.3 Å². The molecule has 0 fully saturated rings. The summed E-state index contributed by atoms with van der Waals surface area (Å²) < 4.78 is 24.2. The van der Waals surface area contributed by atoms with Crippen LogP contribution in [0, 0.1) is 0 Å². The van der Waals surface area contributed by atoms with Gasteiger partial charge in [0.05, 0.1) is 0 Å². The number of hydrogen-bond donors (Lipinski definition) is 0. The normalized spacial score (nSPS) is 13.7. The van der Waals surface area contributed by atoms with Crippen LogP contribution in [0.25, 0.3) is 0 Å². The van der Waals surface area contributed by atoms with E-state index in [1.165, 1.54) is 9.81 Å². The molecular formula is C36H57BiO3Si3. The van der Waals surface area contributed by atoms with Crippen LogP contribution in [-0.2, 0) is 0 Å². The Labute approximate surface area is 274 Å². The molecule has 236 valence electrons. The van der Waals surface area contributed by atoms with Crippen LogP contribution in [0.3, 0.4) is 0 Å². The molecule has 0 atom stereocenters. The predicted molar refractivity (Wildman–Crippen MR) is 197 cm³/mol. The van der Waals surface area contributed by atoms with E-state index in [2.05, 4.69) is 174 Å². The maximum atomic E-state index is 6.63. The van der Waals surface area contributed by atoms with E-state index in [9.17, 15) is 0 Å². The minimum absolute atomic E-state index is 0.162. The van der Waals surface area contributed by atoms with Gasteiger partial charge in [-0.15, -0.1) is 0 Å². The van der Waals surface area contributed by atoms with Crippen molar-refractivity contribution in [2.45, 2.75) is 117 Å². The van der Waals surface area contributed by atoms with Crippen molar-refractivity contribution >= 4 is 56.5 Å². The zero-order valence-electron chi connectivity index (χ0n) is 29.6. The molecule has 3 nitrogen and oxygen atoms in total. The summed E-state index contributed by atoms with van der Waals surface area (Å²) in [5, 5.41) is 0.487. The number of hydrogen-bond acceptors (Lipinski definition) is 3. The van der Waals surface area contributed by atoms with Crippen LogP contribution < -0.4 is 23.1 Å². The number of benzene rings is 3. The Kier molecular flexibility index (Phi) is 10.7. The molecule has 0 saturated carbocycles. The van der Waals surface area contributed by atoms with Crippen molar-refractivity contribution in [3.8, 4) is 17.2 Å². The Balaban J connectivity index is 1.99. The molecule has 7 heteroatoms. The molecule has 3 rings (SSSR count). The van der Waals surface area contributed by atoms with Gasteiger partial charge in [-0.1, -0.05) is 0 Å². The zero-order chi connectivity index (χ0) is 32.6. The van der Waals surface area contributed by atoms with Crippen molar-refractivity contribution in [3.05, 3.63) is 72.8 Å². The molecule has 0 spiro atoms. The van der Waals surface area contributed by atoms with Gasteiger partial charge in [-0.05, 0) is 0 Å². The summed E-state index contributed by atoms with van der Waals surface area (Å²) in [6.45, 7) is 34.4. The summed E-state index contributed by atoms with van der Waals surface area (Å²) in [5.74, 6) is 2.95. The summed E-state index contributed by atoms with van der Waals surface area (Å²) >= 11 is -2.62. The van der Waals surface area contributed by atoms with Gasteiger partial charge in [-0.2, -0.15) is 0 Å². The summed E-state index contributed by atoms with van der Waals surface area (Å²) in [6, 6.07) is 27.1. The molecule has 0 aromatic heterocycles. The topological polar surface area (TPSA) is 27.7 Å². The first-order valence-electron chi connectivity index (χ1n) is 15.6. The monoisotopic (exact) mass is 830 g/mol. The van der Waals surface area contributed by atoms with Gasteiger partial charge in [-0.3, -0.25) is 0 Å². The summed E-state index contributed by atoms with van der Waals surface area (Å²) in [4.78, 5) is 0. The van der Waals surface area contributed by atoms with E-state index >= 15 is 0 Å². The fourth-order valence-electron chi connectivity index (χ4n) is 3.78. The van der Waals surface area contributed by atoms with Crippen LogP contribution in [0.5, 0.6) is 17.2 Å². The van der Waals surface area contributed by atoms with Crippen LogP contribution in [0.2, 0.25) is 54.4 Å². The van der Waals surface area contributed by atoms with E-state index in [1.54, 1.807) is 0 Å². The third-order valence-electron chi connectivity index (χ3n) is 9.82. The first-order valence-corrected chi connectivity index (χ1v) is 29.6. The number of rotatable bonds is 9. The summed E-state index contributed by atoms with van der Waals surface area (Å²) in [7, 11) is -5.71. The molecule has 0 amide bonds. The van der Waals surface area contributed by atoms with E-state index in [0.29, 0.717) is 0 Å². The van der Waals surface area contributed by atoms with E-state index in [0.717, 1.165) is 17.2 Å². The van der Waals surface area contributed by atoms with Gasteiger partial charge in [0.25, 0.3) is 0 Å². The van der Waals surface area contributed by atoms with Gasteiger partial charge < -0.3 is 0 Å². The molecular weight excluding hydrogens is 774 g/mol. The van der Waals surface area contributed by atoms with Crippen molar-refractivity contribution in [3.63, 3.8) is 0 Å². The Morgan fingerprint density at radius 1 is 0.372 bits per heavy atom.